The number of likely N-dealkylation sites (tertiary alicyclic amines) is 1. The molecule has 1 aromatic carbocycles. The lowest BCUT2D eigenvalue weighted by Crippen LogP contribution is -2.47. The Bertz CT molecular complexity index is 615. The van der Waals surface area contributed by atoms with E-state index in [1.807, 2.05) is 0 Å². The lowest BCUT2D eigenvalue weighted by atomic mass is 9.95. The molecule has 0 bridgehead atoms. The summed E-state index contributed by atoms with van der Waals surface area (Å²) in [6.45, 7) is 7.59. The minimum Gasteiger partial charge on any atom is -0.478 e. The Hall–Kier alpha value is -1.73. The number of hydrogen-bond donors (Lipinski definition) is 0. The van der Waals surface area contributed by atoms with E-state index in [9.17, 15) is 13.6 Å². The number of ether oxygens (including phenoxy) is 2. The quantitative estimate of drug-likeness (QED) is 0.800. The molecule has 5 nitrogen and oxygen atoms in total. The maximum absolute atomic E-state index is 13.7. The van der Waals surface area contributed by atoms with Gasteiger partial charge in [-0.2, -0.15) is 0 Å². The van der Waals surface area contributed by atoms with Gasteiger partial charge >= 0.3 is 0 Å². The second kappa shape index (κ2) is 8.77. The SMILES string of the molecule is CC(Oc1ccc(F)cc1F)C(=O)N1CCC(CN2CCOCC2)CC1. The van der Waals surface area contributed by atoms with Crippen LogP contribution in [0.3, 0.4) is 0 Å². The number of amides is 1. The smallest absolute Gasteiger partial charge is 0.263 e. The molecule has 2 aliphatic heterocycles. The first-order valence-electron chi connectivity index (χ1n) is 9.23. The zero-order valence-electron chi connectivity index (χ0n) is 15.1. The van der Waals surface area contributed by atoms with Crippen LogP contribution in [-0.2, 0) is 9.53 Å². The van der Waals surface area contributed by atoms with Crippen molar-refractivity contribution in [1.82, 2.24) is 9.80 Å². The molecule has 0 saturated carbocycles. The summed E-state index contributed by atoms with van der Waals surface area (Å²) < 4.78 is 37.4. The molecule has 2 saturated heterocycles. The molecule has 0 N–H and O–H groups in total. The molecule has 26 heavy (non-hydrogen) atoms. The van der Waals surface area contributed by atoms with Crippen molar-refractivity contribution in [3.8, 4) is 5.75 Å². The summed E-state index contributed by atoms with van der Waals surface area (Å²) in [6.07, 6.45) is 1.12. The third kappa shape index (κ3) is 4.92. The van der Waals surface area contributed by atoms with Gasteiger partial charge in [0.15, 0.2) is 17.7 Å². The van der Waals surface area contributed by atoms with Gasteiger partial charge in [-0.25, -0.2) is 8.78 Å². The Morgan fingerprint density at radius 3 is 2.58 bits per heavy atom. The van der Waals surface area contributed by atoms with Gasteiger partial charge in [0.2, 0.25) is 0 Å². The number of piperidine rings is 1. The lowest BCUT2D eigenvalue weighted by molar-refractivity contribution is -0.139. The third-order valence-electron chi connectivity index (χ3n) is 5.09. The minimum atomic E-state index is -0.800. The van der Waals surface area contributed by atoms with Crippen molar-refractivity contribution in [3.05, 3.63) is 29.8 Å². The van der Waals surface area contributed by atoms with Crippen LogP contribution >= 0.6 is 0 Å². The van der Waals surface area contributed by atoms with Crippen LogP contribution in [-0.4, -0.2) is 67.7 Å². The number of morpholine rings is 1. The van der Waals surface area contributed by atoms with Crippen molar-refractivity contribution in [2.45, 2.75) is 25.9 Å². The Balaban J connectivity index is 1.46. The number of hydrogen-bond acceptors (Lipinski definition) is 4. The van der Waals surface area contributed by atoms with Gasteiger partial charge < -0.3 is 14.4 Å². The summed E-state index contributed by atoms with van der Waals surface area (Å²) >= 11 is 0. The summed E-state index contributed by atoms with van der Waals surface area (Å²) in [6, 6.07) is 3.08. The van der Waals surface area contributed by atoms with Crippen LogP contribution in [0.1, 0.15) is 19.8 Å². The topological polar surface area (TPSA) is 42.0 Å². The van der Waals surface area contributed by atoms with Gasteiger partial charge in [0.1, 0.15) is 5.82 Å². The molecule has 1 atom stereocenters. The van der Waals surface area contributed by atoms with Gasteiger partial charge in [-0.1, -0.05) is 0 Å². The molecular weight excluding hydrogens is 342 g/mol. The highest BCUT2D eigenvalue weighted by Crippen LogP contribution is 2.22. The van der Waals surface area contributed by atoms with E-state index in [0.717, 1.165) is 57.8 Å². The van der Waals surface area contributed by atoms with Crippen LogP contribution < -0.4 is 4.74 Å². The van der Waals surface area contributed by atoms with E-state index in [4.69, 9.17) is 9.47 Å². The highest BCUT2D eigenvalue weighted by atomic mass is 19.1. The molecule has 1 amide bonds. The van der Waals surface area contributed by atoms with Crippen molar-refractivity contribution in [3.63, 3.8) is 0 Å². The molecule has 0 spiro atoms. The van der Waals surface area contributed by atoms with Crippen LogP contribution in [0.5, 0.6) is 5.75 Å². The van der Waals surface area contributed by atoms with Crippen molar-refractivity contribution in [2.24, 2.45) is 5.92 Å². The lowest BCUT2D eigenvalue weighted by Gasteiger charge is -2.36. The van der Waals surface area contributed by atoms with E-state index in [2.05, 4.69) is 4.90 Å². The zero-order valence-corrected chi connectivity index (χ0v) is 15.1. The van der Waals surface area contributed by atoms with Crippen LogP contribution in [0.25, 0.3) is 0 Å². The fourth-order valence-electron chi connectivity index (χ4n) is 3.55. The van der Waals surface area contributed by atoms with Gasteiger partial charge in [-0.3, -0.25) is 9.69 Å². The number of halogens is 2. The molecule has 1 unspecified atom stereocenters. The number of carbonyl (C=O) groups excluding carboxylic acids is 1. The number of benzene rings is 1. The second-order valence-electron chi connectivity index (χ2n) is 7.02. The summed E-state index contributed by atoms with van der Waals surface area (Å²) in [5, 5.41) is 0. The number of nitrogens with zero attached hydrogens (tertiary/aromatic N) is 2. The molecule has 0 radical (unpaired) electrons. The molecule has 0 aromatic heterocycles. The van der Waals surface area contributed by atoms with Crippen molar-refractivity contribution in [1.29, 1.82) is 0 Å². The zero-order chi connectivity index (χ0) is 18.5. The van der Waals surface area contributed by atoms with E-state index < -0.39 is 17.7 Å². The molecule has 0 aliphatic carbocycles. The largest absolute Gasteiger partial charge is 0.478 e. The van der Waals surface area contributed by atoms with E-state index in [1.165, 1.54) is 6.07 Å². The first-order chi connectivity index (χ1) is 12.5. The van der Waals surface area contributed by atoms with Crippen molar-refractivity contribution >= 4 is 5.91 Å². The monoisotopic (exact) mass is 368 g/mol. The van der Waals surface area contributed by atoms with E-state index in [0.29, 0.717) is 19.0 Å². The average molecular weight is 368 g/mol. The van der Waals surface area contributed by atoms with E-state index in [1.54, 1.807) is 11.8 Å². The highest BCUT2D eigenvalue weighted by molar-refractivity contribution is 5.81. The minimum absolute atomic E-state index is 0.102. The average Bonchev–Trinajstić information content (AvgIpc) is 2.65. The molecule has 144 valence electrons. The number of rotatable bonds is 5. The normalized spacial score (nSPS) is 20.8. The maximum Gasteiger partial charge on any atom is 0.263 e. The van der Waals surface area contributed by atoms with E-state index >= 15 is 0 Å². The molecule has 3 rings (SSSR count). The standard InChI is InChI=1S/C19H26F2N2O3/c1-14(26-18-3-2-16(20)12-17(18)21)19(24)23-6-4-15(5-7-23)13-22-8-10-25-11-9-22/h2-3,12,14-15H,4-11,13H2,1H3. The predicted molar refractivity (Wildman–Crippen MR) is 93.0 cm³/mol. The van der Waals surface area contributed by atoms with E-state index in [-0.39, 0.29) is 11.7 Å². The summed E-state index contributed by atoms with van der Waals surface area (Å²) in [5.74, 6) is -1.14. The van der Waals surface area contributed by atoms with Gasteiger partial charge in [0.05, 0.1) is 13.2 Å². The number of carbonyl (C=O) groups is 1. The summed E-state index contributed by atoms with van der Waals surface area (Å²) in [4.78, 5) is 16.8. The Kier molecular flexibility index (Phi) is 6.43. The predicted octanol–water partition coefficient (Wildman–Crippen LogP) is 2.30. The van der Waals surface area contributed by atoms with Crippen LogP contribution in [0, 0.1) is 17.6 Å². The highest BCUT2D eigenvalue weighted by Gasteiger charge is 2.28. The van der Waals surface area contributed by atoms with Gasteiger partial charge in [0.25, 0.3) is 5.91 Å². The summed E-state index contributed by atoms with van der Waals surface area (Å²) in [7, 11) is 0. The van der Waals surface area contributed by atoms with Crippen LogP contribution in [0.15, 0.2) is 18.2 Å². The third-order valence-corrected chi connectivity index (χ3v) is 5.09. The van der Waals surface area contributed by atoms with Crippen molar-refractivity contribution < 1.29 is 23.0 Å². The fraction of sp³-hybridized carbons (Fsp3) is 0.632. The Morgan fingerprint density at radius 1 is 1.23 bits per heavy atom. The van der Waals surface area contributed by atoms with Gasteiger partial charge in [-0.05, 0) is 37.8 Å². The molecule has 2 fully saturated rings. The van der Waals surface area contributed by atoms with Gasteiger partial charge in [-0.15, -0.1) is 0 Å². The molecule has 2 aliphatic rings. The molecule has 2 heterocycles. The summed E-state index contributed by atoms with van der Waals surface area (Å²) in [5.41, 5.74) is 0. The Labute approximate surface area is 152 Å². The van der Waals surface area contributed by atoms with Crippen molar-refractivity contribution in [2.75, 3.05) is 45.9 Å². The van der Waals surface area contributed by atoms with Crippen LogP contribution in [0.2, 0.25) is 0 Å². The Morgan fingerprint density at radius 2 is 1.92 bits per heavy atom. The molecular formula is C19H26F2N2O3. The van der Waals surface area contributed by atoms with Gasteiger partial charge in [0, 0.05) is 38.8 Å². The fourth-order valence-corrected chi connectivity index (χ4v) is 3.55. The molecule has 1 aromatic rings. The molecule has 7 heteroatoms. The second-order valence-corrected chi connectivity index (χ2v) is 7.02. The van der Waals surface area contributed by atoms with Crippen LogP contribution in [0.4, 0.5) is 8.78 Å². The first-order valence-corrected chi connectivity index (χ1v) is 9.23. The first kappa shape index (κ1) is 19.0. The maximum atomic E-state index is 13.7.